The molecular weight excluding hydrogens is 321 g/mol. The van der Waals surface area contributed by atoms with Gasteiger partial charge in [-0.1, -0.05) is 6.07 Å². The summed E-state index contributed by atoms with van der Waals surface area (Å²) in [7, 11) is -1.20. The first-order chi connectivity index (χ1) is 11.1. The van der Waals surface area contributed by atoms with Crippen molar-refractivity contribution in [3.63, 3.8) is 0 Å². The highest BCUT2D eigenvalue weighted by Crippen LogP contribution is 2.25. The minimum Gasteiger partial charge on any atom is -0.444 e. The van der Waals surface area contributed by atoms with Crippen LogP contribution >= 0.6 is 0 Å². The maximum atomic E-state index is 11.8. The van der Waals surface area contributed by atoms with Crippen molar-refractivity contribution in [2.24, 2.45) is 0 Å². The van der Waals surface area contributed by atoms with Crippen LogP contribution in [0.25, 0.3) is 0 Å². The van der Waals surface area contributed by atoms with E-state index in [1.165, 1.54) is 0 Å². The molecule has 0 aromatic heterocycles. The Morgan fingerprint density at radius 1 is 1.12 bits per heavy atom. The van der Waals surface area contributed by atoms with E-state index >= 15 is 0 Å². The zero-order valence-electron chi connectivity index (χ0n) is 16.4. The maximum Gasteiger partial charge on any atom is 0.491 e. The van der Waals surface area contributed by atoms with E-state index in [0.29, 0.717) is 11.2 Å². The highest BCUT2D eigenvalue weighted by Gasteiger charge is 2.39. The standard InChI is InChI=1S/C18H30BNO5/c1-12-11-13(20-15(21)24-16(2,3)4)9-10-14(12)19(23)25-18(7,8)17(5,6)22/h9-11,22-23H,1-8H3,(H,20,21). The Bertz CT molecular complexity index is 617. The average Bonchev–Trinajstić information content (AvgIpc) is 2.33. The fourth-order valence-electron chi connectivity index (χ4n) is 1.94. The molecule has 1 amide bonds. The Hall–Kier alpha value is -1.57. The van der Waals surface area contributed by atoms with Gasteiger partial charge in [0.2, 0.25) is 0 Å². The third-order valence-corrected chi connectivity index (χ3v) is 4.06. The van der Waals surface area contributed by atoms with Gasteiger partial charge in [0.1, 0.15) is 5.60 Å². The van der Waals surface area contributed by atoms with E-state index in [0.717, 1.165) is 5.56 Å². The SMILES string of the molecule is Cc1cc(NC(=O)OC(C)(C)C)ccc1B(O)OC(C)(C)C(C)(C)O. The van der Waals surface area contributed by atoms with Crippen molar-refractivity contribution in [3.05, 3.63) is 23.8 Å². The summed E-state index contributed by atoms with van der Waals surface area (Å²) in [4.78, 5) is 11.8. The lowest BCUT2D eigenvalue weighted by atomic mass is 9.74. The van der Waals surface area contributed by atoms with Crippen LogP contribution in [0.1, 0.15) is 54.0 Å². The number of ether oxygens (including phenoxy) is 1. The topological polar surface area (TPSA) is 88.0 Å². The number of anilines is 1. The second kappa shape index (κ2) is 7.36. The van der Waals surface area contributed by atoms with E-state index in [9.17, 15) is 14.9 Å². The number of amides is 1. The van der Waals surface area contributed by atoms with Crippen LogP contribution in [0.15, 0.2) is 18.2 Å². The van der Waals surface area contributed by atoms with Crippen LogP contribution in [-0.2, 0) is 9.39 Å². The fourth-order valence-corrected chi connectivity index (χ4v) is 1.94. The van der Waals surface area contributed by atoms with Gasteiger partial charge in [0, 0.05) is 5.69 Å². The monoisotopic (exact) mass is 351 g/mol. The molecule has 0 atom stereocenters. The van der Waals surface area contributed by atoms with Crippen molar-refractivity contribution in [1.29, 1.82) is 0 Å². The second-order valence-corrected chi connectivity index (χ2v) is 8.24. The van der Waals surface area contributed by atoms with Gasteiger partial charge in [0.05, 0.1) is 11.2 Å². The normalized spacial score (nSPS) is 12.7. The predicted molar refractivity (Wildman–Crippen MR) is 100 cm³/mol. The first kappa shape index (κ1) is 21.5. The molecule has 0 fully saturated rings. The summed E-state index contributed by atoms with van der Waals surface area (Å²) in [6.45, 7) is 13.9. The molecule has 0 heterocycles. The number of aliphatic hydroxyl groups is 1. The third kappa shape index (κ3) is 6.34. The summed E-state index contributed by atoms with van der Waals surface area (Å²) in [5.41, 5.74) is -0.790. The summed E-state index contributed by atoms with van der Waals surface area (Å²) < 4.78 is 10.9. The van der Waals surface area contributed by atoms with E-state index in [1.807, 2.05) is 0 Å². The minimum atomic E-state index is -1.20. The molecule has 0 saturated heterocycles. The van der Waals surface area contributed by atoms with Crippen LogP contribution in [0, 0.1) is 6.92 Å². The van der Waals surface area contributed by atoms with Gasteiger partial charge in [-0.25, -0.2) is 4.79 Å². The molecule has 0 radical (unpaired) electrons. The Morgan fingerprint density at radius 3 is 2.12 bits per heavy atom. The molecule has 1 aromatic rings. The lowest BCUT2D eigenvalue weighted by molar-refractivity contribution is -0.0982. The van der Waals surface area contributed by atoms with Gasteiger partial charge in [-0.05, 0) is 78.5 Å². The van der Waals surface area contributed by atoms with Crippen LogP contribution in [-0.4, -0.2) is 40.1 Å². The van der Waals surface area contributed by atoms with Crippen molar-refractivity contribution >= 4 is 24.4 Å². The van der Waals surface area contributed by atoms with Gasteiger partial charge >= 0.3 is 13.2 Å². The first-order valence-corrected chi connectivity index (χ1v) is 8.31. The molecule has 0 aliphatic rings. The number of rotatable bonds is 5. The number of hydrogen-bond donors (Lipinski definition) is 3. The van der Waals surface area contributed by atoms with Crippen LogP contribution in [0.4, 0.5) is 10.5 Å². The van der Waals surface area contributed by atoms with Crippen LogP contribution in [0.3, 0.4) is 0 Å². The minimum absolute atomic E-state index is 0.542. The highest BCUT2D eigenvalue weighted by molar-refractivity contribution is 6.60. The Morgan fingerprint density at radius 2 is 1.68 bits per heavy atom. The molecule has 25 heavy (non-hydrogen) atoms. The number of hydrogen-bond acceptors (Lipinski definition) is 5. The largest absolute Gasteiger partial charge is 0.491 e. The number of carbonyl (C=O) groups is 1. The number of nitrogens with one attached hydrogen (secondary N) is 1. The zero-order chi connectivity index (χ0) is 19.6. The molecule has 0 aliphatic carbocycles. The van der Waals surface area contributed by atoms with Crippen molar-refractivity contribution in [2.45, 2.75) is 72.2 Å². The second-order valence-electron chi connectivity index (χ2n) is 8.24. The van der Waals surface area contributed by atoms with E-state index < -0.39 is 30.0 Å². The van der Waals surface area contributed by atoms with Crippen molar-refractivity contribution in [1.82, 2.24) is 0 Å². The van der Waals surface area contributed by atoms with E-state index in [1.54, 1.807) is 73.6 Å². The summed E-state index contributed by atoms with van der Waals surface area (Å²) >= 11 is 0. The van der Waals surface area contributed by atoms with Crippen molar-refractivity contribution in [3.8, 4) is 0 Å². The molecule has 7 heteroatoms. The predicted octanol–water partition coefficient (Wildman–Crippen LogP) is 2.60. The van der Waals surface area contributed by atoms with E-state index in [2.05, 4.69) is 5.32 Å². The van der Waals surface area contributed by atoms with E-state index in [-0.39, 0.29) is 0 Å². The highest BCUT2D eigenvalue weighted by atomic mass is 16.6. The molecule has 140 valence electrons. The van der Waals surface area contributed by atoms with E-state index in [4.69, 9.17) is 9.39 Å². The Balaban J connectivity index is 2.87. The van der Waals surface area contributed by atoms with Gasteiger partial charge in [-0.15, -0.1) is 0 Å². The van der Waals surface area contributed by atoms with Crippen LogP contribution in [0.2, 0.25) is 0 Å². The smallest absolute Gasteiger partial charge is 0.444 e. The van der Waals surface area contributed by atoms with Gasteiger partial charge < -0.3 is 19.5 Å². The lowest BCUT2D eigenvalue weighted by Crippen LogP contribution is -2.53. The first-order valence-electron chi connectivity index (χ1n) is 8.31. The van der Waals surface area contributed by atoms with Gasteiger partial charge in [0.25, 0.3) is 0 Å². The Labute approximate surface area is 150 Å². The lowest BCUT2D eigenvalue weighted by Gasteiger charge is -2.38. The Kier molecular flexibility index (Phi) is 6.32. The molecule has 0 bridgehead atoms. The maximum absolute atomic E-state index is 11.8. The summed E-state index contributed by atoms with van der Waals surface area (Å²) in [6.07, 6.45) is -0.542. The van der Waals surface area contributed by atoms with Gasteiger partial charge in [-0.2, -0.15) is 0 Å². The average molecular weight is 351 g/mol. The fraction of sp³-hybridized carbons (Fsp3) is 0.611. The molecule has 0 unspecified atom stereocenters. The van der Waals surface area contributed by atoms with Crippen molar-refractivity contribution < 1.29 is 24.3 Å². The van der Waals surface area contributed by atoms with Crippen LogP contribution in [0.5, 0.6) is 0 Å². The molecule has 1 aromatic carbocycles. The zero-order valence-corrected chi connectivity index (χ0v) is 16.4. The quantitative estimate of drug-likeness (QED) is 0.710. The van der Waals surface area contributed by atoms with Gasteiger partial charge in [-0.3, -0.25) is 5.32 Å². The molecular formula is C18H30BNO5. The summed E-state index contributed by atoms with van der Waals surface area (Å²) in [5, 5.41) is 23.2. The number of aryl methyl sites for hydroxylation is 1. The van der Waals surface area contributed by atoms with Crippen LogP contribution < -0.4 is 10.8 Å². The third-order valence-electron chi connectivity index (χ3n) is 4.06. The van der Waals surface area contributed by atoms with Gasteiger partial charge in [0.15, 0.2) is 0 Å². The summed E-state index contributed by atoms with van der Waals surface area (Å²) in [6, 6.07) is 5.06. The number of benzene rings is 1. The molecule has 1 rings (SSSR count). The molecule has 0 aliphatic heterocycles. The van der Waals surface area contributed by atoms with Crippen molar-refractivity contribution in [2.75, 3.05) is 5.32 Å². The summed E-state index contributed by atoms with van der Waals surface area (Å²) in [5.74, 6) is 0. The molecule has 0 spiro atoms. The molecule has 0 saturated carbocycles. The molecule has 3 N–H and O–H groups in total. The molecule has 6 nitrogen and oxygen atoms in total. The number of carbonyl (C=O) groups excluding carboxylic acids is 1.